The standard InChI is InChI=1S/C18H27N3O2/c1-4-20(5-2)17-10-8-16(9-11-17)19-18(23)15-7-6-12-21(13-15)14(3)22/h8-11,15H,4-7,12-13H2,1-3H3,(H,19,23). The Labute approximate surface area is 138 Å². The first-order chi connectivity index (χ1) is 11.0. The van der Waals surface area contributed by atoms with Gasteiger partial charge in [-0.15, -0.1) is 0 Å². The van der Waals surface area contributed by atoms with Crippen LogP contribution in [0.3, 0.4) is 0 Å². The first-order valence-corrected chi connectivity index (χ1v) is 8.46. The Morgan fingerprint density at radius 3 is 2.43 bits per heavy atom. The predicted molar refractivity (Wildman–Crippen MR) is 93.6 cm³/mol. The van der Waals surface area contributed by atoms with Crippen LogP contribution in [0.15, 0.2) is 24.3 Å². The molecule has 23 heavy (non-hydrogen) atoms. The number of nitrogens with one attached hydrogen (secondary N) is 1. The van der Waals surface area contributed by atoms with E-state index in [1.54, 1.807) is 11.8 Å². The van der Waals surface area contributed by atoms with Gasteiger partial charge >= 0.3 is 0 Å². The highest BCUT2D eigenvalue weighted by atomic mass is 16.2. The van der Waals surface area contributed by atoms with Gasteiger partial charge in [-0.05, 0) is 51.0 Å². The lowest BCUT2D eigenvalue weighted by atomic mass is 9.97. The van der Waals surface area contributed by atoms with E-state index in [1.165, 1.54) is 0 Å². The number of likely N-dealkylation sites (tertiary alicyclic amines) is 1. The summed E-state index contributed by atoms with van der Waals surface area (Å²) >= 11 is 0. The van der Waals surface area contributed by atoms with Crippen LogP contribution in [0.1, 0.15) is 33.6 Å². The van der Waals surface area contributed by atoms with Crippen LogP contribution in [0.2, 0.25) is 0 Å². The van der Waals surface area contributed by atoms with Crippen LogP contribution in [-0.2, 0) is 9.59 Å². The van der Waals surface area contributed by atoms with E-state index in [2.05, 4.69) is 24.1 Å². The molecule has 0 aromatic heterocycles. The van der Waals surface area contributed by atoms with Crippen LogP contribution in [0, 0.1) is 5.92 Å². The summed E-state index contributed by atoms with van der Waals surface area (Å²) in [4.78, 5) is 27.9. The van der Waals surface area contributed by atoms with E-state index in [9.17, 15) is 9.59 Å². The fraction of sp³-hybridized carbons (Fsp3) is 0.556. The molecule has 0 radical (unpaired) electrons. The van der Waals surface area contributed by atoms with Crippen LogP contribution in [0.5, 0.6) is 0 Å². The Balaban J connectivity index is 1.96. The van der Waals surface area contributed by atoms with Gasteiger partial charge in [0.2, 0.25) is 11.8 Å². The van der Waals surface area contributed by atoms with E-state index in [4.69, 9.17) is 0 Å². The molecule has 1 aliphatic heterocycles. The smallest absolute Gasteiger partial charge is 0.229 e. The number of hydrogen-bond donors (Lipinski definition) is 1. The van der Waals surface area contributed by atoms with Crippen LogP contribution in [-0.4, -0.2) is 42.9 Å². The number of anilines is 2. The first-order valence-electron chi connectivity index (χ1n) is 8.46. The summed E-state index contributed by atoms with van der Waals surface area (Å²) in [6, 6.07) is 7.95. The molecule has 5 nitrogen and oxygen atoms in total. The number of amides is 2. The zero-order valence-electron chi connectivity index (χ0n) is 14.3. The Hall–Kier alpha value is -2.04. The third kappa shape index (κ3) is 4.47. The van der Waals surface area contributed by atoms with E-state index < -0.39 is 0 Å². The van der Waals surface area contributed by atoms with Crippen molar-refractivity contribution in [1.82, 2.24) is 4.90 Å². The van der Waals surface area contributed by atoms with Crippen molar-refractivity contribution in [3.8, 4) is 0 Å². The highest BCUT2D eigenvalue weighted by Gasteiger charge is 2.26. The van der Waals surface area contributed by atoms with Crippen molar-refractivity contribution in [2.45, 2.75) is 33.6 Å². The van der Waals surface area contributed by atoms with Crippen molar-refractivity contribution in [2.75, 3.05) is 36.4 Å². The molecule has 126 valence electrons. The molecule has 5 heteroatoms. The average Bonchev–Trinajstić information content (AvgIpc) is 2.57. The van der Waals surface area contributed by atoms with E-state index >= 15 is 0 Å². The Morgan fingerprint density at radius 1 is 1.22 bits per heavy atom. The Bertz CT molecular complexity index is 538. The molecule has 1 aliphatic rings. The van der Waals surface area contributed by atoms with Gasteiger partial charge in [-0.2, -0.15) is 0 Å². The highest BCUT2D eigenvalue weighted by molar-refractivity contribution is 5.93. The van der Waals surface area contributed by atoms with Crippen LogP contribution < -0.4 is 10.2 Å². The number of hydrogen-bond acceptors (Lipinski definition) is 3. The maximum absolute atomic E-state index is 12.4. The van der Waals surface area contributed by atoms with Gasteiger partial charge in [-0.25, -0.2) is 0 Å². The minimum Gasteiger partial charge on any atom is -0.372 e. The van der Waals surface area contributed by atoms with Crippen molar-refractivity contribution in [3.63, 3.8) is 0 Å². The van der Waals surface area contributed by atoms with Crippen molar-refractivity contribution in [2.24, 2.45) is 5.92 Å². The van der Waals surface area contributed by atoms with Gasteiger partial charge < -0.3 is 15.1 Å². The summed E-state index contributed by atoms with van der Waals surface area (Å²) in [6.07, 6.45) is 1.73. The molecule has 1 saturated heterocycles. The molecule has 2 amide bonds. The van der Waals surface area contributed by atoms with Gasteiger partial charge in [-0.1, -0.05) is 0 Å². The van der Waals surface area contributed by atoms with Crippen molar-refractivity contribution in [1.29, 1.82) is 0 Å². The molecule has 0 bridgehead atoms. The van der Waals surface area contributed by atoms with E-state index in [1.807, 2.05) is 24.3 Å². The molecule has 1 heterocycles. The van der Waals surface area contributed by atoms with Gasteiger partial charge in [0.15, 0.2) is 0 Å². The topological polar surface area (TPSA) is 52.7 Å². The largest absolute Gasteiger partial charge is 0.372 e. The fourth-order valence-electron chi connectivity index (χ4n) is 3.07. The third-order valence-electron chi connectivity index (χ3n) is 4.50. The van der Waals surface area contributed by atoms with Gasteiger partial charge in [0.1, 0.15) is 0 Å². The van der Waals surface area contributed by atoms with Crippen molar-refractivity contribution >= 4 is 23.2 Å². The summed E-state index contributed by atoms with van der Waals surface area (Å²) in [7, 11) is 0. The van der Waals surface area contributed by atoms with E-state index in [0.717, 1.165) is 43.9 Å². The van der Waals surface area contributed by atoms with Gasteiger partial charge in [0.05, 0.1) is 5.92 Å². The van der Waals surface area contributed by atoms with Crippen molar-refractivity contribution < 1.29 is 9.59 Å². The maximum atomic E-state index is 12.4. The second kappa shape index (κ2) is 7.99. The summed E-state index contributed by atoms with van der Waals surface area (Å²) < 4.78 is 0. The van der Waals surface area contributed by atoms with Crippen LogP contribution >= 0.6 is 0 Å². The van der Waals surface area contributed by atoms with Gasteiger partial charge in [0.25, 0.3) is 0 Å². The minimum atomic E-state index is -0.116. The lowest BCUT2D eigenvalue weighted by Gasteiger charge is -2.31. The zero-order valence-corrected chi connectivity index (χ0v) is 14.3. The van der Waals surface area contributed by atoms with E-state index in [-0.39, 0.29) is 17.7 Å². The molecule has 1 aromatic rings. The normalized spacial score (nSPS) is 17.7. The first kappa shape index (κ1) is 17.3. The number of carbonyl (C=O) groups excluding carboxylic acids is 2. The van der Waals surface area contributed by atoms with Gasteiger partial charge in [-0.3, -0.25) is 9.59 Å². The van der Waals surface area contributed by atoms with E-state index in [0.29, 0.717) is 6.54 Å². The molecule has 0 spiro atoms. The summed E-state index contributed by atoms with van der Waals surface area (Å²) in [6.45, 7) is 9.03. The van der Waals surface area contributed by atoms with Crippen LogP contribution in [0.25, 0.3) is 0 Å². The molecule has 2 rings (SSSR count). The molecule has 1 fully saturated rings. The maximum Gasteiger partial charge on any atom is 0.229 e. The number of carbonyl (C=O) groups is 2. The molecule has 1 unspecified atom stereocenters. The molecule has 0 aliphatic carbocycles. The summed E-state index contributed by atoms with van der Waals surface area (Å²) in [5.74, 6) is -0.0623. The van der Waals surface area contributed by atoms with Gasteiger partial charge in [0, 0.05) is 44.5 Å². The molecule has 0 saturated carbocycles. The Kier molecular flexibility index (Phi) is 6.02. The molecular formula is C18H27N3O2. The second-order valence-corrected chi connectivity index (χ2v) is 6.01. The number of nitrogens with zero attached hydrogens (tertiary/aromatic N) is 2. The second-order valence-electron chi connectivity index (χ2n) is 6.01. The molecular weight excluding hydrogens is 290 g/mol. The summed E-state index contributed by atoms with van der Waals surface area (Å²) in [5.41, 5.74) is 1.97. The molecule has 1 N–H and O–H groups in total. The SMILES string of the molecule is CCN(CC)c1ccc(NC(=O)C2CCCN(C(C)=O)C2)cc1. The number of rotatable bonds is 5. The Morgan fingerprint density at radius 2 is 1.87 bits per heavy atom. The number of benzene rings is 1. The third-order valence-corrected chi connectivity index (χ3v) is 4.50. The van der Waals surface area contributed by atoms with Crippen LogP contribution in [0.4, 0.5) is 11.4 Å². The molecule has 1 aromatic carbocycles. The summed E-state index contributed by atoms with van der Waals surface area (Å²) in [5, 5.41) is 2.98. The quantitative estimate of drug-likeness (QED) is 0.908. The predicted octanol–water partition coefficient (Wildman–Crippen LogP) is 2.73. The monoisotopic (exact) mass is 317 g/mol. The fourth-order valence-corrected chi connectivity index (χ4v) is 3.07. The highest BCUT2D eigenvalue weighted by Crippen LogP contribution is 2.21. The average molecular weight is 317 g/mol. The lowest BCUT2D eigenvalue weighted by Crippen LogP contribution is -2.42. The minimum absolute atomic E-state index is 0.00605. The van der Waals surface area contributed by atoms with Crippen molar-refractivity contribution in [3.05, 3.63) is 24.3 Å². The molecule has 1 atom stereocenters. The zero-order chi connectivity index (χ0) is 16.8. The number of piperidine rings is 1. The lowest BCUT2D eigenvalue weighted by molar-refractivity contribution is -0.132.